The average molecular weight is 521 g/mol. The maximum absolute atomic E-state index is 12.9. The summed E-state index contributed by atoms with van der Waals surface area (Å²) in [5, 5.41) is 4.90. The largest absolute Gasteiger partial charge is 0.497 e. The molecule has 0 aliphatic rings. The Morgan fingerprint density at radius 3 is 2.22 bits per heavy atom. The minimum absolute atomic E-state index is 0.0230. The lowest BCUT2D eigenvalue weighted by Gasteiger charge is -2.18. The zero-order chi connectivity index (χ0) is 26.4. The van der Waals surface area contributed by atoms with Crippen LogP contribution in [0.15, 0.2) is 89.8 Å². The van der Waals surface area contributed by atoms with Crippen LogP contribution in [0, 0.1) is 0 Å². The molecule has 0 radical (unpaired) electrons. The summed E-state index contributed by atoms with van der Waals surface area (Å²) in [7, 11) is -0.981. The van der Waals surface area contributed by atoms with Gasteiger partial charge in [0.2, 0.25) is 0 Å². The Balaban J connectivity index is 1.44. The van der Waals surface area contributed by atoms with Gasteiger partial charge in [0.25, 0.3) is 15.9 Å². The van der Waals surface area contributed by atoms with Crippen molar-refractivity contribution in [1.29, 1.82) is 0 Å². The minimum Gasteiger partial charge on any atom is -0.497 e. The normalized spacial score (nSPS) is 12.0. The molecule has 8 nitrogen and oxygen atoms in total. The van der Waals surface area contributed by atoms with Gasteiger partial charge in [0.15, 0.2) is 6.10 Å². The van der Waals surface area contributed by atoms with Crippen molar-refractivity contribution < 1.29 is 27.4 Å². The van der Waals surface area contributed by atoms with Gasteiger partial charge in [0, 0.05) is 11.8 Å². The summed E-state index contributed by atoms with van der Waals surface area (Å²) in [6.45, 7) is 1.86. The first-order chi connectivity index (χ1) is 17.8. The second-order valence-corrected chi connectivity index (χ2v) is 9.89. The number of amides is 1. The molecule has 0 saturated heterocycles. The third-order valence-electron chi connectivity index (χ3n) is 5.75. The Labute approximate surface area is 216 Å². The molecule has 0 aliphatic heterocycles. The van der Waals surface area contributed by atoms with Crippen LogP contribution in [0.3, 0.4) is 0 Å². The molecule has 4 aromatic rings. The summed E-state index contributed by atoms with van der Waals surface area (Å²) in [6.07, 6.45) is -0.260. The van der Waals surface area contributed by atoms with E-state index in [9.17, 15) is 13.2 Å². The Kier molecular flexibility index (Phi) is 7.83. The van der Waals surface area contributed by atoms with E-state index in [1.54, 1.807) is 12.1 Å². The Morgan fingerprint density at radius 1 is 0.838 bits per heavy atom. The quantitative estimate of drug-likeness (QED) is 0.288. The summed E-state index contributed by atoms with van der Waals surface area (Å²) in [4.78, 5) is 12.9. The number of anilines is 2. The van der Waals surface area contributed by atoms with Crippen LogP contribution in [-0.4, -0.2) is 34.6 Å². The molecule has 0 unspecified atom stereocenters. The zero-order valence-electron chi connectivity index (χ0n) is 20.7. The molecular weight excluding hydrogens is 492 g/mol. The topological polar surface area (TPSA) is 103 Å². The lowest BCUT2D eigenvalue weighted by Crippen LogP contribution is -2.32. The SMILES string of the molecule is CC[C@H](Oc1ccc2ccccc2c1)C(=O)Nc1ccc(S(=O)(=O)Nc2cc(OC)ccc2OC)cc1. The highest BCUT2D eigenvalue weighted by atomic mass is 32.2. The van der Waals surface area contributed by atoms with Gasteiger partial charge >= 0.3 is 0 Å². The van der Waals surface area contributed by atoms with Crippen molar-refractivity contribution >= 4 is 38.1 Å². The van der Waals surface area contributed by atoms with Crippen LogP contribution in [0.2, 0.25) is 0 Å². The number of hydrogen-bond donors (Lipinski definition) is 2. The molecule has 37 heavy (non-hydrogen) atoms. The van der Waals surface area contributed by atoms with Crippen LogP contribution in [0.25, 0.3) is 10.8 Å². The summed E-state index contributed by atoms with van der Waals surface area (Å²) in [5.41, 5.74) is 0.694. The number of benzene rings is 4. The fraction of sp³-hybridized carbons (Fsp3) is 0.179. The van der Waals surface area contributed by atoms with Crippen molar-refractivity contribution in [2.45, 2.75) is 24.3 Å². The van der Waals surface area contributed by atoms with E-state index in [-0.39, 0.29) is 16.5 Å². The van der Waals surface area contributed by atoms with Crippen LogP contribution in [0.5, 0.6) is 17.2 Å². The van der Waals surface area contributed by atoms with Gasteiger partial charge in [-0.15, -0.1) is 0 Å². The van der Waals surface area contributed by atoms with Crippen LogP contribution >= 0.6 is 0 Å². The maximum atomic E-state index is 12.9. The van der Waals surface area contributed by atoms with E-state index >= 15 is 0 Å². The monoisotopic (exact) mass is 520 g/mol. The van der Waals surface area contributed by atoms with Gasteiger partial charge in [-0.1, -0.05) is 37.3 Å². The van der Waals surface area contributed by atoms with Gasteiger partial charge < -0.3 is 19.5 Å². The number of sulfonamides is 1. The van der Waals surface area contributed by atoms with Crippen LogP contribution in [-0.2, 0) is 14.8 Å². The molecule has 0 fully saturated rings. The standard InChI is InChI=1S/C28H28N2O6S/c1-4-26(36-23-12-9-19-7-5-6-8-20(19)17-23)28(31)29-21-10-14-24(15-11-21)37(32,33)30-25-18-22(34-2)13-16-27(25)35-3/h5-18,26,30H,4H2,1-3H3,(H,29,31)/t26-/m0/s1. The number of fused-ring (bicyclic) bond motifs is 1. The second-order valence-electron chi connectivity index (χ2n) is 8.21. The number of hydrogen-bond acceptors (Lipinski definition) is 6. The number of rotatable bonds is 10. The van der Waals surface area contributed by atoms with Gasteiger partial charge in [0.05, 0.1) is 24.8 Å². The predicted octanol–water partition coefficient (Wildman–Crippen LogP) is 5.45. The fourth-order valence-corrected chi connectivity index (χ4v) is 4.83. The number of methoxy groups -OCH3 is 2. The first-order valence-electron chi connectivity index (χ1n) is 11.6. The highest BCUT2D eigenvalue weighted by Gasteiger charge is 2.20. The van der Waals surface area contributed by atoms with Crippen molar-refractivity contribution in [2.24, 2.45) is 0 Å². The molecule has 4 rings (SSSR count). The fourth-order valence-electron chi connectivity index (χ4n) is 3.76. The van der Waals surface area contributed by atoms with E-state index in [4.69, 9.17) is 14.2 Å². The number of carbonyl (C=O) groups is 1. The predicted molar refractivity (Wildman–Crippen MR) is 144 cm³/mol. The van der Waals surface area contributed by atoms with Crippen molar-refractivity contribution in [1.82, 2.24) is 0 Å². The molecule has 0 aliphatic carbocycles. The minimum atomic E-state index is -3.92. The van der Waals surface area contributed by atoms with Crippen LogP contribution in [0.1, 0.15) is 13.3 Å². The van der Waals surface area contributed by atoms with E-state index in [1.807, 2.05) is 49.4 Å². The molecule has 1 atom stereocenters. The molecule has 0 saturated carbocycles. The molecule has 1 amide bonds. The molecule has 0 spiro atoms. The van der Waals surface area contributed by atoms with Crippen LogP contribution < -0.4 is 24.2 Å². The molecule has 0 aromatic heterocycles. The van der Waals surface area contributed by atoms with Gasteiger partial charge in [-0.05, 0) is 65.7 Å². The highest BCUT2D eigenvalue weighted by molar-refractivity contribution is 7.92. The lowest BCUT2D eigenvalue weighted by molar-refractivity contribution is -0.122. The smallest absolute Gasteiger partial charge is 0.265 e. The molecule has 2 N–H and O–H groups in total. The first-order valence-corrected chi connectivity index (χ1v) is 13.1. The van der Waals surface area contributed by atoms with Gasteiger partial charge in [-0.2, -0.15) is 0 Å². The Morgan fingerprint density at radius 2 is 1.54 bits per heavy atom. The second kappa shape index (κ2) is 11.2. The van der Waals surface area contributed by atoms with Crippen molar-refractivity contribution in [3.8, 4) is 17.2 Å². The summed E-state index contributed by atoms with van der Waals surface area (Å²) in [6, 6.07) is 24.3. The number of nitrogens with one attached hydrogen (secondary N) is 2. The molecule has 0 heterocycles. The molecule has 0 bridgehead atoms. The van der Waals surface area contributed by atoms with E-state index in [2.05, 4.69) is 10.0 Å². The van der Waals surface area contributed by atoms with Gasteiger partial charge in [-0.3, -0.25) is 9.52 Å². The average Bonchev–Trinajstić information content (AvgIpc) is 2.91. The third-order valence-corrected chi connectivity index (χ3v) is 7.13. The van der Waals surface area contributed by atoms with Crippen molar-refractivity contribution in [2.75, 3.05) is 24.3 Å². The van der Waals surface area contributed by atoms with E-state index in [0.717, 1.165) is 10.8 Å². The van der Waals surface area contributed by atoms with Gasteiger partial charge in [0.1, 0.15) is 17.2 Å². The lowest BCUT2D eigenvalue weighted by atomic mass is 10.1. The van der Waals surface area contributed by atoms with E-state index in [0.29, 0.717) is 29.4 Å². The van der Waals surface area contributed by atoms with E-state index < -0.39 is 16.1 Å². The van der Waals surface area contributed by atoms with Gasteiger partial charge in [-0.25, -0.2) is 8.42 Å². The van der Waals surface area contributed by atoms with Crippen molar-refractivity contribution in [3.63, 3.8) is 0 Å². The Hall–Kier alpha value is -4.24. The number of carbonyl (C=O) groups excluding carboxylic acids is 1. The third kappa shape index (κ3) is 6.13. The summed E-state index contributed by atoms with van der Waals surface area (Å²) < 4.78 is 44.8. The molecule has 9 heteroatoms. The van der Waals surface area contributed by atoms with Crippen LogP contribution in [0.4, 0.5) is 11.4 Å². The van der Waals surface area contributed by atoms with E-state index in [1.165, 1.54) is 44.6 Å². The zero-order valence-corrected chi connectivity index (χ0v) is 21.5. The molecular formula is C28H28N2O6S. The highest BCUT2D eigenvalue weighted by Crippen LogP contribution is 2.31. The first kappa shape index (κ1) is 25.8. The molecule has 4 aromatic carbocycles. The Bertz CT molecular complexity index is 1500. The summed E-state index contributed by atoms with van der Waals surface area (Å²) in [5.74, 6) is 1.10. The number of ether oxygens (including phenoxy) is 3. The molecule has 192 valence electrons. The maximum Gasteiger partial charge on any atom is 0.265 e. The van der Waals surface area contributed by atoms with Crippen molar-refractivity contribution in [3.05, 3.63) is 84.9 Å². The summed E-state index contributed by atoms with van der Waals surface area (Å²) >= 11 is 0.